The molecule has 0 saturated heterocycles. The van der Waals surface area contributed by atoms with Gasteiger partial charge in [-0.25, -0.2) is 23.1 Å². The number of amidine groups is 1. The Bertz CT molecular complexity index is 2010. The number of fused-ring (bicyclic) bond motifs is 3. The van der Waals surface area contributed by atoms with E-state index < -0.39 is 40.4 Å². The molecule has 1 amide bonds. The molecule has 0 atom stereocenters. The van der Waals surface area contributed by atoms with Gasteiger partial charge in [0.15, 0.2) is 0 Å². The van der Waals surface area contributed by atoms with E-state index in [-0.39, 0.29) is 11.4 Å². The van der Waals surface area contributed by atoms with Crippen LogP contribution in [0.15, 0.2) is 63.4 Å². The van der Waals surface area contributed by atoms with Crippen molar-refractivity contribution in [2.24, 2.45) is 4.99 Å². The Morgan fingerprint density at radius 1 is 1.09 bits per heavy atom. The van der Waals surface area contributed by atoms with Gasteiger partial charge in [0.1, 0.15) is 28.9 Å². The number of aromatic nitrogens is 4. The number of nitrogens with one attached hydrogen (secondary N) is 2. The third-order valence-electron chi connectivity index (χ3n) is 7.51. The molecule has 2 aromatic heterocycles. The second kappa shape index (κ2) is 11.0. The average Bonchev–Trinajstić information content (AvgIpc) is 3.49. The summed E-state index contributed by atoms with van der Waals surface area (Å²) >= 11 is 0. The maximum Gasteiger partial charge on any atom is 0.335 e. The van der Waals surface area contributed by atoms with Crippen LogP contribution in [-0.2, 0) is 0 Å². The lowest BCUT2D eigenvalue weighted by Crippen LogP contribution is -2.42. The van der Waals surface area contributed by atoms with Crippen LogP contribution in [0.2, 0.25) is 0 Å². The minimum atomic E-state index is -0.924. The summed E-state index contributed by atoms with van der Waals surface area (Å²) in [5.41, 5.74) is 0.592. The van der Waals surface area contributed by atoms with Gasteiger partial charge in [0.2, 0.25) is 5.95 Å². The van der Waals surface area contributed by atoms with Gasteiger partial charge in [-0.1, -0.05) is 0 Å². The normalized spacial score (nSPS) is 13.8. The zero-order valence-corrected chi connectivity index (χ0v) is 24.4. The van der Waals surface area contributed by atoms with Gasteiger partial charge in [-0.05, 0) is 74.4 Å². The first kappa shape index (κ1) is 28.6. The predicted octanol–water partition coefficient (Wildman–Crippen LogP) is 4.02. The number of benzene rings is 2. The van der Waals surface area contributed by atoms with Crippen LogP contribution < -0.4 is 26.8 Å². The largest absolute Gasteiger partial charge is 0.357 e. The van der Waals surface area contributed by atoms with Crippen LogP contribution in [0.4, 0.5) is 26.2 Å². The summed E-state index contributed by atoms with van der Waals surface area (Å²) in [7, 11) is 1.73. The van der Waals surface area contributed by atoms with E-state index in [1.807, 2.05) is 11.0 Å². The van der Waals surface area contributed by atoms with Crippen molar-refractivity contribution in [2.75, 3.05) is 35.7 Å². The van der Waals surface area contributed by atoms with Gasteiger partial charge in [-0.3, -0.25) is 19.1 Å². The van der Waals surface area contributed by atoms with E-state index in [2.05, 4.69) is 25.6 Å². The molecule has 44 heavy (non-hydrogen) atoms. The molecule has 0 aliphatic carbocycles. The topological polar surface area (TPSA) is 127 Å². The minimum absolute atomic E-state index is 0.0893. The number of amides is 1. The maximum absolute atomic E-state index is 15.3. The first-order chi connectivity index (χ1) is 21.1. The fourth-order valence-electron chi connectivity index (χ4n) is 5.29. The second-order valence-electron chi connectivity index (χ2n) is 10.7. The molecule has 13 heteroatoms. The van der Waals surface area contributed by atoms with Gasteiger partial charge in [0, 0.05) is 43.2 Å². The van der Waals surface area contributed by atoms with E-state index in [4.69, 9.17) is 0 Å². The fourth-order valence-corrected chi connectivity index (χ4v) is 5.29. The number of aliphatic imine (C=N–C) groups is 1. The van der Waals surface area contributed by atoms with Crippen LogP contribution in [0.1, 0.15) is 46.9 Å². The summed E-state index contributed by atoms with van der Waals surface area (Å²) in [6.45, 7) is 6.32. The van der Waals surface area contributed by atoms with E-state index in [0.29, 0.717) is 47.4 Å². The first-order valence-corrected chi connectivity index (χ1v) is 13.9. The van der Waals surface area contributed by atoms with Gasteiger partial charge in [-0.2, -0.15) is 4.98 Å². The molecule has 6 rings (SSSR count). The van der Waals surface area contributed by atoms with E-state index in [9.17, 15) is 18.8 Å². The summed E-state index contributed by atoms with van der Waals surface area (Å²) in [6.07, 6.45) is 4.73. The number of anilines is 3. The number of carbonyl (C=O) groups excluding carboxylic acids is 1. The quantitative estimate of drug-likeness (QED) is 0.343. The van der Waals surface area contributed by atoms with Crippen molar-refractivity contribution >= 4 is 40.8 Å². The molecule has 224 valence electrons. The van der Waals surface area contributed by atoms with Gasteiger partial charge in [-0.15, -0.1) is 0 Å². The molecule has 0 radical (unpaired) electrons. The summed E-state index contributed by atoms with van der Waals surface area (Å²) in [4.78, 5) is 55.8. The zero-order chi connectivity index (χ0) is 31.3. The Hall–Kier alpha value is -5.46. The van der Waals surface area contributed by atoms with Crippen molar-refractivity contribution in [2.45, 2.75) is 26.8 Å². The number of aryl methyl sites for hydroxylation is 1. The molecule has 4 aromatic rings. The SMILES string of the molecule is CNc1ncc2c(n1)N1CCN=C1C(c1cc(NC(=O)c3cn(C(C)C)c(=O)n(-c4ccc(F)cc4)c3=O)c(F)cc1C)=C2. The Kier molecular flexibility index (Phi) is 7.15. The number of hydrogen-bond donors (Lipinski definition) is 2. The molecule has 0 fully saturated rings. The molecule has 0 unspecified atom stereocenters. The number of hydrogen-bond acceptors (Lipinski definition) is 8. The molecule has 2 aliphatic heterocycles. The fraction of sp³-hybridized carbons (Fsp3) is 0.226. The van der Waals surface area contributed by atoms with Gasteiger partial charge in [0.25, 0.3) is 11.5 Å². The van der Waals surface area contributed by atoms with Crippen LogP contribution in [0.3, 0.4) is 0 Å². The lowest BCUT2D eigenvalue weighted by atomic mass is 9.94. The van der Waals surface area contributed by atoms with Crippen LogP contribution in [0, 0.1) is 18.6 Å². The maximum atomic E-state index is 15.3. The van der Waals surface area contributed by atoms with Gasteiger partial charge in [0.05, 0.1) is 17.9 Å². The zero-order valence-electron chi connectivity index (χ0n) is 24.4. The molecule has 0 spiro atoms. The summed E-state index contributed by atoms with van der Waals surface area (Å²) in [5, 5.41) is 5.46. The average molecular weight is 599 g/mol. The van der Waals surface area contributed by atoms with E-state index in [1.165, 1.54) is 28.8 Å². The monoisotopic (exact) mass is 598 g/mol. The summed E-state index contributed by atoms with van der Waals surface area (Å²) in [5.74, 6) is -0.336. The molecular formula is C31H28F2N8O3. The lowest BCUT2D eigenvalue weighted by molar-refractivity contribution is 0.102. The van der Waals surface area contributed by atoms with Gasteiger partial charge >= 0.3 is 5.69 Å². The van der Waals surface area contributed by atoms with Crippen LogP contribution in [-0.4, -0.2) is 51.0 Å². The standard InChI is InChI=1S/C31H28F2N8O3/c1-16(2)40-15-23(29(43)41(31(40)44)20-7-5-19(32)6-8-20)28(42)37-25-13-21(17(3)11-24(25)33)22-12-18-14-36-30(34-4)38-26(18)39-10-9-35-27(22)39/h5-8,11-16H,9-10H2,1-4H3,(H,37,42)(H,34,36,38). The smallest absolute Gasteiger partial charge is 0.335 e. The third-order valence-corrected chi connectivity index (χ3v) is 7.51. The van der Waals surface area contributed by atoms with Gasteiger partial charge < -0.3 is 15.5 Å². The Morgan fingerprint density at radius 3 is 2.55 bits per heavy atom. The molecule has 2 N–H and O–H groups in total. The Balaban J connectivity index is 1.42. The van der Waals surface area contributed by atoms with E-state index in [1.54, 1.807) is 34.0 Å². The molecule has 11 nitrogen and oxygen atoms in total. The molecule has 0 bridgehead atoms. The minimum Gasteiger partial charge on any atom is -0.357 e. The first-order valence-electron chi connectivity index (χ1n) is 13.9. The van der Waals surface area contributed by atoms with Crippen molar-refractivity contribution in [3.8, 4) is 5.69 Å². The summed E-state index contributed by atoms with van der Waals surface area (Å²) < 4.78 is 30.9. The molecule has 4 heterocycles. The van der Waals surface area contributed by atoms with E-state index >= 15 is 4.39 Å². The van der Waals surface area contributed by atoms with Crippen LogP contribution >= 0.6 is 0 Å². The number of carbonyl (C=O) groups is 1. The molecule has 2 aromatic carbocycles. The van der Waals surface area contributed by atoms with Crippen molar-refractivity contribution < 1.29 is 13.6 Å². The van der Waals surface area contributed by atoms with Crippen molar-refractivity contribution in [3.63, 3.8) is 0 Å². The Morgan fingerprint density at radius 2 is 1.84 bits per heavy atom. The van der Waals surface area contributed by atoms with Crippen LogP contribution in [0.25, 0.3) is 17.3 Å². The number of nitrogens with zero attached hydrogens (tertiary/aromatic N) is 6. The molecular weight excluding hydrogens is 570 g/mol. The highest BCUT2D eigenvalue weighted by molar-refractivity contribution is 6.36. The highest BCUT2D eigenvalue weighted by Crippen LogP contribution is 2.37. The van der Waals surface area contributed by atoms with Crippen molar-refractivity contribution in [1.29, 1.82) is 0 Å². The number of halogens is 2. The summed E-state index contributed by atoms with van der Waals surface area (Å²) in [6, 6.07) is 7.13. The van der Waals surface area contributed by atoms with Crippen molar-refractivity contribution in [1.82, 2.24) is 19.1 Å². The highest BCUT2D eigenvalue weighted by Gasteiger charge is 2.31. The third kappa shape index (κ3) is 4.85. The second-order valence-corrected chi connectivity index (χ2v) is 10.7. The Labute approximate surface area is 250 Å². The number of rotatable bonds is 6. The highest BCUT2D eigenvalue weighted by atomic mass is 19.1. The molecule has 2 aliphatic rings. The molecule has 0 saturated carbocycles. The van der Waals surface area contributed by atoms with Crippen LogP contribution in [0.5, 0.6) is 0 Å². The van der Waals surface area contributed by atoms with E-state index in [0.717, 1.165) is 28.5 Å². The van der Waals surface area contributed by atoms with Crippen molar-refractivity contribution in [3.05, 3.63) is 104 Å². The predicted molar refractivity (Wildman–Crippen MR) is 165 cm³/mol. The lowest BCUT2D eigenvalue weighted by Gasteiger charge is -2.28.